The number of alkyl halides is 1. The molecule has 138 valence electrons. The molecule has 0 aliphatic heterocycles. The van der Waals surface area contributed by atoms with Crippen LogP contribution in [0.5, 0.6) is 0 Å². The van der Waals surface area contributed by atoms with Gasteiger partial charge in [0.1, 0.15) is 5.78 Å². The zero-order chi connectivity index (χ0) is 17.6. The molecule has 0 aliphatic carbocycles. The summed E-state index contributed by atoms with van der Waals surface area (Å²) < 4.78 is 0. The first-order valence-corrected chi connectivity index (χ1v) is 11.1. The van der Waals surface area contributed by atoms with Gasteiger partial charge in [-0.05, 0) is 11.8 Å². The quantitative estimate of drug-likeness (QED) is 0.207. The molecule has 0 N–H and O–H groups in total. The smallest absolute Gasteiger partial charge is 0.137 e. The van der Waals surface area contributed by atoms with Crippen molar-refractivity contribution in [3.8, 4) is 0 Å². The second kappa shape index (κ2) is 14.5. The highest BCUT2D eigenvalue weighted by Gasteiger charge is 2.29. The van der Waals surface area contributed by atoms with Crippen molar-refractivity contribution in [2.75, 3.05) is 5.33 Å². The average Bonchev–Trinajstić information content (AvgIpc) is 2.47. The molecule has 0 radical (unpaired) electrons. The molecule has 0 aromatic rings. The van der Waals surface area contributed by atoms with Gasteiger partial charge < -0.3 is 0 Å². The number of Topliss-reactive ketones (excluding diaryl/α,β-unsaturated/α-hetero) is 1. The molecule has 2 heteroatoms. The topological polar surface area (TPSA) is 17.1 Å². The van der Waals surface area contributed by atoms with Gasteiger partial charge in [0.25, 0.3) is 0 Å². The summed E-state index contributed by atoms with van der Waals surface area (Å²) in [7, 11) is 0. The molecule has 0 aromatic carbocycles. The van der Waals surface area contributed by atoms with Crippen molar-refractivity contribution >= 4 is 21.7 Å². The highest BCUT2D eigenvalue weighted by molar-refractivity contribution is 9.09. The van der Waals surface area contributed by atoms with Crippen LogP contribution in [0.15, 0.2) is 0 Å². The fourth-order valence-corrected chi connectivity index (χ4v) is 4.45. The van der Waals surface area contributed by atoms with E-state index in [9.17, 15) is 4.79 Å². The number of hydrogen-bond acceptors (Lipinski definition) is 1. The van der Waals surface area contributed by atoms with E-state index < -0.39 is 0 Å². The van der Waals surface area contributed by atoms with Crippen LogP contribution in [0.4, 0.5) is 0 Å². The Kier molecular flexibility index (Phi) is 14.6. The number of ketones is 1. The van der Waals surface area contributed by atoms with Crippen molar-refractivity contribution in [3.05, 3.63) is 0 Å². The molecule has 0 spiro atoms. The number of hydrogen-bond donors (Lipinski definition) is 0. The Balaban J connectivity index is 3.44. The Morgan fingerprint density at radius 1 is 0.783 bits per heavy atom. The van der Waals surface area contributed by atoms with Gasteiger partial charge in [-0.25, -0.2) is 0 Å². The van der Waals surface area contributed by atoms with E-state index in [0.717, 1.165) is 18.2 Å². The number of rotatable bonds is 15. The maximum Gasteiger partial charge on any atom is 0.137 e. The number of carbonyl (C=O) groups is 1. The highest BCUT2D eigenvalue weighted by Crippen LogP contribution is 2.29. The Morgan fingerprint density at radius 2 is 1.17 bits per heavy atom. The van der Waals surface area contributed by atoms with Gasteiger partial charge in [-0.15, -0.1) is 0 Å². The van der Waals surface area contributed by atoms with Crippen LogP contribution < -0.4 is 0 Å². The van der Waals surface area contributed by atoms with Crippen molar-refractivity contribution in [2.45, 2.75) is 111 Å². The summed E-state index contributed by atoms with van der Waals surface area (Å²) >= 11 is 3.51. The van der Waals surface area contributed by atoms with Crippen LogP contribution in [-0.2, 0) is 4.79 Å². The molecule has 0 rings (SSSR count). The van der Waals surface area contributed by atoms with Crippen molar-refractivity contribution < 1.29 is 4.79 Å². The van der Waals surface area contributed by atoms with E-state index in [1.807, 2.05) is 0 Å². The Morgan fingerprint density at radius 3 is 1.52 bits per heavy atom. The number of unbranched alkanes of at least 4 members (excludes halogenated alkanes) is 11. The molecular formula is C21H41BrO. The predicted octanol–water partition coefficient (Wildman–Crippen LogP) is 7.70. The first-order chi connectivity index (χ1) is 10.9. The van der Waals surface area contributed by atoms with Crippen LogP contribution in [0.3, 0.4) is 0 Å². The van der Waals surface area contributed by atoms with Gasteiger partial charge in [0.05, 0.1) is 0 Å². The van der Waals surface area contributed by atoms with E-state index in [2.05, 4.69) is 43.6 Å². The third-order valence-electron chi connectivity index (χ3n) is 4.87. The van der Waals surface area contributed by atoms with Gasteiger partial charge in [-0.1, -0.05) is 114 Å². The molecule has 0 fully saturated rings. The summed E-state index contributed by atoms with van der Waals surface area (Å²) in [4.78, 5) is 12.3. The molecule has 0 aliphatic rings. The minimum absolute atomic E-state index is 0.0811. The fourth-order valence-electron chi connectivity index (χ4n) is 3.11. The maximum atomic E-state index is 12.3. The molecule has 0 aromatic heterocycles. The average molecular weight is 389 g/mol. The molecule has 0 saturated heterocycles. The summed E-state index contributed by atoms with van der Waals surface area (Å²) in [6.45, 7) is 8.77. The predicted molar refractivity (Wildman–Crippen MR) is 107 cm³/mol. The molecular weight excluding hydrogens is 348 g/mol. The molecule has 0 amide bonds. The third-order valence-corrected chi connectivity index (χ3v) is 5.51. The Hall–Kier alpha value is 0.150. The van der Waals surface area contributed by atoms with Gasteiger partial charge >= 0.3 is 0 Å². The normalized spacial score (nSPS) is 13.3. The Bertz CT molecular complexity index is 280. The summed E-state index contributed by atoms with van der Waals surface area (Å²) in [5, 5.41) is 0.799. The molecule has 1 nitrogen and oxygen atoms in total. The first-order valence-electron chi connectivity index (χ1n) is 10.0. The molecule has 0 heterocycles. The summed E-state index contributed by atoms with van der Waals surface area (Å²) in [5.41, 5.74) is 0.0811. The van der Waals surface area contributed by atoms with Crippen molar-refractivity contribution in [2.24, 2.45) is 11.3 Å². The van der Waals surface area contributed by atoms with Gasteiger partial charge in [0, 0.05) is 17.7 Å². The number of carbonyl (C=O) groups excluding carboxylic acids is 1. The van der Waals surface area contributed by atoms with Crippen molar-refractivity contribution in [3.63, 3.8) is 0 Å². The van der Waals surface area contributed by atoms with Crippen molar-refractivity contribution in [1.82, 2.24) is 0 Å². The van der Waals surface area contributed by atoms with E-state index in [-0.39, 0.29) is 11.3 Å². The zero-order valence-electron chi connectivity index (χ0n) is 16.3. The summed E-state index contributed by atoms with van der Waals surface area (Å²) in [5.74, 6) is 0.608. The van der Waals surface area contributed by atoms with E-state index in [1.165, 1.54) is 70.6 Å². The van der Waals surface area contributed by atoms with Crippen molar-refractivity contribution in [1.29, 1.82) is 0 Å². The van der Waals surface area contributed by atoms with Gasteiger partial charge in [-0.2, -0.15) is 0 Å². The first kappa shape index (κ1) is 23.1. The second-order valence-corrected chi connectivity index (χ2v) is 8.83. The summed E-state index contributed by atoms with van der Waals surface area (Å²) in [6, 6.07) is 0. The lowest BCUT2D eigenvalue weighted by molar-refractivity contribution is -0.125. The van der Waals surface area contributed by atoms with Crippen LogP contribution in [0.2, 0.25) is 0 Å². The molecule has 1 atom stereocenters. The van der Waals surface area contributed by atoms with Crippen LogP contribution in [-0.4, -0.2) is 11.1 Å². The monoisotopic (exact) mass is 388 g/mol. The molecule has 0 saturated carbocycles. The zero-order valence-corrected chi connectivity index (χ0v) is 17.8. The minimum atomic E-state index is 0.0811. The fraction of sp³-hybridized carbons (Fsp3) is 0.952. The lowest BCUT2D eigenvalue weighted by atomic mass is 9.78. The molecule has 23 heavy (non-hydrogen) atoms. The van der Waals surface area contributed by atoms with E-state index >= 15 is 0 Å². The standard InChI is InChI=1S/C21H41BrO/c1-5-6-7-8-9-10-11-12-13-14-15-16-17-20(23)19(18-22)21(2,3)4/h19H,5-18H2,1-4H3. The van der Waals surface area contributed by atoms with Crippen LogP contribution in [0.25, 0.3) is 0 Å². The SMILES string of the molecule is CCCCCCCCCCCCCCC(=O)C(CBr)C(C)(C)C. The summed E-state index contributed by atoms with van der Waals surface area (Å²) in [6.07, 6.45) is 17.0. The van der Waals surface area contributed by atoms with Crippen LogP contribution >= 0.6 is 15.9 Å². The molecule has 0 bridgehead atoms. The van der Waals surface area contributed by atoms with Crippen LogP contribution in [0.1, 0.15) is 111 Å². The van der Waals surface area contributed by atoms with Gasteiger partial charge in [0.15, 0.2) is 0 Å². The second-order valence-electron chi connectivity index (χ2n) is 8.18. The third kappa shape index (κ3) is 13.2. The largest absolute Gasteiger partial charge is 0.299 e. The Labute approximate surface area is 154 Å². The minimum Gasteiger partial charge on any atom is -0.299 e. The van der Waals surface area contributed by atoms with E-state index in [1.54, 1.807) is 0 Å². The van der Waals surface area contributed by atoms with Gasteiger partial charge in [-0.3, -0.25) is 4.79 Å². The number of halogens is 1. The van der Waals surface area contributed by atoms with E-state index in [4.69, 9.17) is 0 Å². The lowest BCUT2D eigenvalue weighted by Crippen LogP contribution is -2.29. The highest BCUT2D eigenvalue weighted by atomic mass is 79.9. The van der Waals surface area contributed by atoms with E-state index in [0.29, 0.717) is 5.78 Å². The maximum absolute atomic E-state index is 12.3. The lowest BCUT2D eigenvalue weighted by Gasteiger charge is -2.27. The molecule has 1 unspecified atom stereocenters. The van der Waals surface area contributed by atoms with Gasteiger partial charge in [0.2, 0.25) is 0 Å². The van der Waals surface area contributed by atoms with Crippen LogP contribution in [0, 0.1) is 11.3 Å².